The van der Waals surface area contributed by atoms with Gasteiger partial charge in [0.25, 0.3) is 0 Å². The van der Waals surface area contributed by atoms with Crippen LogP contribution < -0.4 is 15.0 Å². The summed E-state index contributed by atoms with van der Waals surface area (Å²) in [6, 6.07) is 6.16. The Morgan fingerprint density at radius 3 is 2.91 bits per heavy atom. The molecule has 3 heterocycles. The highest BCUT2D eigenvalue weighted by Gasteiger charge is 2.21. The molecule has 33 heavy (non-hydrogen) atoms. The van der Waals surface area contributed by atoms with E-state index in [1.54, 1.807) is 17.0 Å². The van der Waals surface area contributed by atoms with E-state index in [9.17, 15) is 19.6 Å². The van der Waals surface area contributed by atoms with Gasteiger partial charge in [-0.05, 0) is 19.9 Å². The van der Waals surface area contributed by atoms with E-state index in [1.807, 2.05) is 19.9 Å². The topological polar surface area (TPSA) is 138 Å². The van der Waals surface area contributed by atoms with Crippen molar-refractivity contribution in [1.29, 1.82) is 5.26 Å². The van der Waals surface area contributed by atoms with Gasteiger partial charge >= 0.3 is 6.03 Å². The molecule has 0 aliphatic carbocycles. The summed E-state index contributed by atoms with van der Waals surface area (Å²) in [5, 5.41) is 11.8. The van der Waals surface area contributed by atoms with E-state index in [4.69, 9.17) is 9.47 Å². The Hall–Kier alpha value is -4.04. The molecule has 1 aliphatic rings. The molecular weight excluding hydrogens is 428 g/mol. The number of nitrogens with one attached hydrogen (secondary N) is 1. The molecule has 0 atom stereocenters. The Kier molecular flexibility index (Phi) is 7.53. The molecule has 1 N–H and O–H groups in total. The fourth-order valence-electron chi connectivity index (χ4n) is 3.08. The summed E-state index contributed by atoms with van der Waals surface area (Å²) in [6.07, 6.45) is 1.74. The van der Waals surface area contributed by atoms with E-state index in [1.165, 1.54) is 24.2 Å². The number of amides is 3. The molecule has 1 fully saturated rings. The number of nitriles is 1. The van der Waals surface area contributed by atoms with E-state index in [2.05, 4.69) is 15.3 Å². The second-order valence-electron chi connectivity index (χ2n) is 7.53. The third kappa shape index (κ3) is 5.81. The number of aldehydes is 1. The lowest BCUT2D eigenvalue weighted by atomic mass is 10.1. The van der Waals surface area contributed by atoms with Crippen molar-refractivity contribution in [3.8, 4) is 11.8 Å². The van der Waals surface area contributed by atoms with Gasteiger partial charge < -0.3 is 14.4 Å². The number of aromatic nitrogens is 2. The summed E-state index contributed by atoms with van der Waals surface area (Å²) in [6.45, 7) is 4.75. The maximum atomic E-state index is 12.7. The summed E-state index contributed by atoms with van der Waals surface area (Å²) in [5.41, 5.74) is 0.958. The third-order valence-corrected chi connectivity index (χ3v) is 4.79. The Morgan fingerprint density at radius 1 is 1.45 bits per heavy atom. The van der Waals surface area contributed by atoms with E-state index in [0.717, 1.165) is 0 Å². The first-order chi connectivity index (χ1) is 15.8. The van der Waals surface area contributed by atoms with Gasteiger partial charge in [0.05, 0.1) is 18.9 Å². The van der Waals surface area contributed by atoms with Crippen LogP contribution in [0.3, 0.4) is 0 Å². The molecule has 3 amide bonds. The van der Waals surface area contributed by atoms with Crippen LogP contribution in [0.4, 0.5) is 16.4 Å². The number of hydrogen-bond acceptors (Lipinski definition) is 8. The predicted octanol–water partition coefficient (Wildman–Crippen LogP) is 1.98. The number of rotatable bonds is 7. The van der Waals surface area contributed by atoms with Crippen molar-refractivity contribution in [2.75, 3.05) is 37.0 Å². The van der Waals surface area contributed by atoms with E-state index >= 15 is 0 Å². The number of morpholine rings is 1. The van der Waals surface area contributed by atoms with Gasteiger partial charge in [-0.3, -0.25) is 19.8 Å². The highest BCUT2D eigenvalue weighted by atomic mass is 16.5. The second-order valence-corrected chi connectivity index (χ2v) is 7.53. The SMILES string of the molecule is CC(C)Oc1cc(NC(=O)N(C)c2ccc(CN3CCOCC3=O)c(C=O)n2)ncc1C#N. The molecule has 1 aliphatic heterocycles. The van der Waals surface area contributed by atoms with Gasteiger partial charge in [0.1, 0.15) is 41.3 Å². The zero-order valence-electron chi connectivity index (χ0n) is 18.6. The van der Waals surface area contributed by atoms with Gasteiger partial charge in [-0.25, -0.2) is 14.8 Å². The largest absolute Gasteiger partial charge is 0.489 e. The van der Waals surface area contributed by atoms with Crippen LogP contribution >= 0.6 is 0 Å². The standard InChI is InChI=1S/C22H24N6O5/c1-14(2)33-18-8-19(24-10-16(18)9-23)26-22(31)27(3)20-5-4-15(17(12-29)25-20)11-28-6-7-32-13-21(28)30/h4-5,8,10,12,14H,6-7,11,13H2,1-3H3,(H,24,26,31). The quantitative estimate of drug-likeness (QED) is 0.630. The van der Waals surface area contributed by atoms with Gasteiger partial charge in [-0.2, -0.15) is 5.26 Å². The lowest BCUT2D eigenvalue weighted by molar-refractivity contribution is -0.143. The zero-order chi connectivity index (χ0) is 24.0. The molecule has 3 rings (SSSR count). The number of anilines is 2. The first kappa shape index (κ1) is 23.6. The van der Waals surface area contributed by atoms with Gasteiger partial charge in [0.15, 0.2) is 6.29 Å². The number of urea groups is 1. The second kappa shape index (κ2) is 10.5. The van der Waals surface area contributed by atoms with Gasteiger partial charge in [-0.15, -0.1) is 0 Å². The predicted molar refractivity (Wildman–Crippen MR) is 118 cm³/mol. The summed E-state index contributed by atoms with van der Waals surface area (Å²) in [5.74, 6) is 0.580. The highest BCUT2D eigenvalue weighted by molar-refractivity contribution is 6.00. The molecule has 11 nitrogen and oxygen atoms in total. The summed E-state index contributed by atoms with van der Waals surface area (Å²) in [4.78, 5) is 47.4. The summed E-state index contributed by atoms with van der Waals surface area (Å²) in [7, 11) is 1.49. The fraction of sp³-hybridized carbons (Fsp3) is 0.364. The van der Waals surface area contributed by atoms with Crippen LogP contribution in [0.5, 0.6) is 5.75 Å². The average Bonchev–Trinajstić information content (AvgIpc) is 2.80. The van der Waals surface area contributed by atoms with Crippen molar-refractivity contribution in [3.63, 3.8) is 0 Å². The van der Waals surface area contributed by atoms with Gasteiger partial charge in [-0.1, -0.05) is 6.07 Å². The Morgan fingerprint density at radius 2 is 2.24 bits per heavy atom. The molecule has 0 spiro atoms. The van der Waals surface area contributed by atoms with Crippen LogP contribution in [0.1, 0.15) is 35.5 Å². The zero-order valence-corrected chi connectivity index (χ0v) is 18.6. The van der Waals surface area contributed by atoms with E-state index in [-0.39, 0.29) is 48.1 Å². The number of pyridine rings is 2. The molecule has 11 heteroatoms. The molecule has 0 unspecified atom stereocenters. The van der Waals surface area contributed by atoms with Crippen molar-refractivity contribution in [2.45, 2.75) is 26.5 Å². The van der Waals surface area contributed by atoms with Gasteiger partial charge in [0, 0.05) is 31.8 Å². The van der Waals surface area contributed by atoms with Crippen molar-refractivity contribution >= 4 is 29.9 Å². The van der Waals surface area contributed by atoms with Crippen LogP contribution in [0.15, 0.2) is 24.4 Å². The maximum absolute atomic E-state index is 12.7. The minimum absolute atomic E-state index is 0.0121. The number of carbonyl (C=O) groups is 3. The highest BCUT2D eigenvalue weighted by Crippen LogP contribution is 2.23. The van der Waals surface area contributed by atoms with Crippen LogP contribution in [-0.4, -0.2) is 66.0 Å². The number of hydrogen-bond donors (Lipinski definition) is 1. The first-order valence-electron chi connectivity index (χ1n) is 10.2. The lowest BCUT2D eigenvalue weighted by Gasteiger charge is -2.27. The lowest BCUT2D eigenvalue weighted by Crippen LogP contribution is -2.41. The molecule has 2 aromatic heterocycles. The van der Waals surface area contributed by atoms with Crippen LogP contribution in [0, 0.1) is 11.3 Å². The van der Waals surface area contributed by atoms with Crippen molar-refractivity contribution in [1.82, 2.24) is 14.9 Å². The van der Waals surface area contributed by atoms with Crippen molar-refractivity contribution in [2.24, 2.45) is 0 Å². The van der Waals surface area contributed by atoms with E-state index < -0.39 is 6.03 Å². The number of carbonyl (C=O) groups excluding carboxylic acids is 3. The number of ether oxygens (including phenoxy) is 2. The number of nitrogens with zero attached hydrogens (tertiary/aromatic N) is 5. The van der Waals surface area contributed by atoms with Crippen molar-refractivity contribution in [3.05, 3.63) is 41.2 Å². The normalized spacial score (nSPS) is 13.4. The minimum atomic E-state index is -0.553. The molecule has 0 bridgehead atoms. The minimum Gasteiger partial charge on any atom is -0.489 e. The maximum Gasteiger partial charge on any atom is 0.328 e. The molecular formula is C22H24N6O5. The molecule has 0 aromatic carbocycles. The molecule has 2 aromatic rings. The molecule has 0 radical (unpaired) electrons. The van der Waals surface area contributed by atoms with Gasteiger partial charge in [0.2, 0.25) is 5.91 Å². The summed E-state index contributed by atoms with van der Waals surface area (Å²) >= 11 is 0. The Balaban J connectivity index is 1.74. The summed E-state index contributed by atoms with van der Waals surface area (Å²) < 4.78 is 10.7. The molecule has 172 valence electrons. The monoisotopic (exact) mass is 452 g/mol. The molecule has 0 saturated carbocycles. The average molecular weight is 452 g/mol. The Labute approximate surface area is 190 Å². The van der Waals surface area contributed by atoms with Crippen LogP contribution in [0.25, 0.3) is 0 Å². The van der Waals surface area contributed by atoms with E-state index in [0.29, 0.717) is 30.8 Å². The molecule has 1 saturated heterocycles. The Bertz CT molecular complexity index is 1100. The van der Waals surface area contributed by atoms with Crippen molar-refractivity contribution < 1.29 is 23.9 Å². The smallest absolute Gasteiger partial charge is 0.328 e. The third-order valence-electron chi connectivity index (χ3n) is 4.79. The van der Waals surface area contributed by atoms with Crippen LogP contribution in [-0.2, 0) is 16.1 Å². The van der Waals surface area contributed by atoms with Crippen LogP contribution in [0.2, 0.25) is 0 Å². The first-order valence-corrected chi connectivity index (χ1v) is 10.2. The fourth-order valence-corrected chi connectivity index (χ4v) is 3.08.